The van der Waals surface area contributed by atoms with E-state index in [4.69, 9.17) is 9.47 Å². The number of benzene rings is 2. The molecule has 26 heavy (non-hydrogen) atoms. The van der Waals surface area contributed by atoms with Crippen LogP contribution >= 0.6 is 0 Å². The molecule has 0 aromatic heterocycles. The molecule has 0 saturated carbocycles. The zero-order valence-corrected chi connectivity index (χ0v) is 15.7. The van der Waals surface area contributed by atoms with Gasteiger partial charge in [-0.05, 0) is 24.5 Å². The molecule has 4 heteroatoms. The van der Waals surface area contributed by atoms with E-state index in [-0.39, 0.29) is 0 Å². The fourth-order valence-corrected chi connectivity index (χ4v) is 3.38. The second-order valence-electron chi connectivity index (χ2n) is 6.90. The van der Waals surface area contributed by atoms with Crippen LogP contribution in [0.25, 0.3) is 11.1 Å². The van der Waals surface area contributed by atoms with Crippen molar-refractivity contribution in [2.75, 3.05) is 52.5 Å². The number of quaternary nitrogens is 2. The third-order valence-electron chi connectivity index (χ3n) is 4.93. The van der Waals surface area contributed by atoms with Gasteiger partial charge in [0.25, 0.3) is 0 Å². The van der Waals surface area contributed by atoms with Crippen LogP contribution in [0.4, 0.5) is 0 Å². The lowest BCUT2D eigenvalue weighted by molar-refractivity contribution is -0.919. The average molecular weight is 357 g/mol. The minimum atomic E-state index is 0.784. The zero-order chi connectivity index (χ0) is 17.9. The molecule has 2 aromatic carbocycles. The number of nitrogens with two attached hydrogens (primary N) is 1. The van der Waals surface area contributed by atoms with Crippen LogP contribution in [0.1, 0.15) is 12.8 Å². The molecule has 1 fully saturated rings. The zero-order valence-electron chi connectivity index (χ0n) is 15.7. The topological polar surface area (TPSA) is 39.5 Å². The van der Waals surface area contributed by atoms with Gasteiger partial charge >= 0.3 is 0 Å². The van der Waals surface area contributed by atoms with Crippen LogP contribution in [0.15, 0.2) is 54.6 Å². The highest BCUT2D eigenvalue weighted by molar-refractivity contribution is 5.70. The van der Waals surface area contributed by atoms with Crippen molar-refractivity contribution in [3.8, 4) is 16.9 Å². The van der Waals surface area contributed by atoms with Gasteiger partial charge in [0, 0.05) is 5.56 Å². The van der Waals surface area contributed by atoms with Gasteiger partial charge in [-0.3, -0.25) is 0 Å². The summed E-state index contributed by atoms with van der Waals surface area (Å²) in [7, 11) is 0. The number of nitrogens with one attached hydrogen (secondary N) is 1. The first-order valence-electron chi connectivity index (χ1n) is 9.94. The molecule has 0 radical (unpaired) electrons. The van der Waals surface area contributed by atoms with Crippen LogP contribution in [-0.4, -0.2) is 52.5 Å². The quantitative estimate of drug-likeness (QED) is 0.623. The van der Waals surface area contributed by atoms with Crippen molar-refractivity contribution in [3.63, 3.8) is 0 Å². The van der Waals surface area contributed by atoms with Gasteiger partial charge in [-0.1, -0.05) is 48.5 Å². The molecule has 0 bridgehead atoms. The van der Waals surface area contributed by atoms with E-state index in [2.05, 4.69) is 47.8 Å². The molecule has 0 amide bonds. The molecule has 0 atom stereocenters. The Hall–Kier alpha value is -1.88. The lowest BCUT2D eigenvalue weighted by atomic mass is 10.1. The number of hydrogen-bond donors (Lipinski definition) is 2. The highest BCUT2D eigenvalue weighted by Gasteiger charge is 2.13. The standard InChI is InChI=1S/C22H30N2O2/c1-2-8-20(9-3-1)21-10-4-5-11-22(21)26-17-7-6-12-23-13-14-24-15-18-25-19-16-24/h1-5,8-11,23H,6-7,12-19H2/p+2. The van der Waals surface area contributed by atoms with Crippen molar-refractivity contribution < 1.29 is 19.7 Å². The van der Waals surface area contributed by atoms with E-state index in [1.165, 1.54) is 50.3 Å². The summed E-state index contributed by atoms with van der Waals surface area (Å²) in [5.74, 6) is 0.985. The molecule has 2 aromatic rings. The SMILES string of the molecule is c1ccc(-c2ccccc2OCCCC[NH2+]CC[NH+]2CCOCC2)cc1. The number of unbranched alkanes of at least 4 members (excludes halogenated alkanes) is 1. The van der Waals surface area contributed by atoms with E-state index in [1.807, 2.05) is 12.1 Å². The minimum absolute atomic E-state index is 0.784. The summed E-state index contributed by atoms with van der Waals surface area (Å²) in [6, 6.07) is 18.8. The lowest BCUT2D eigenvalue weighted by Crippen LogP contribution is -3.16. The van der Waals surface area contributed by atoms with E-state index in [9.17, 15) is 0 Å². The molecule has 3 rings (SSSR count). The first kappa shape index (κ1) is 18.9. The summed E-state index contributed by atoms with van der Waals surface area (Å²) in [6.07, 6.45) is 2.30. The van der Waals surface area contributed by atoms with Gasteiger partial charge in [0.05, 0.1) is 26.4 Å². The number of morpholine rings is 1. The maximum absolute atomic E-state index is 6.06. The van der Waals surface area contributed by atoms with E-state index in [1.54, 1.807) is 4.90 Å². The monoisotopic (exact) mass is 356 g/mol. The summed E-state index contributed by atoms with van der Waals surface area (Å²) < 4.78 is 11.5. The summed E-state index contributed by atoms with van der Waals surface area (Å²) >= 11 is 0. The molecular formula is C22H32N2O2+2. The van der Waals surface area contributed by atoms with Crippen LogP contribution in [0.2, 0.25) is 0 Å². The first-order valence-corrected chi connectivity index (χ1v) is 9.94. The molecule has 0 unspecified atom stereocenters. The van der Waals surface area contributed by atoms with Gasteiger partial charge in [0.2, 0.25) is 0 Å². The fraction of sp³-hybridized carbons (Fsp3) is 0.455. The van der Waals surface area contributed by atoms with Gasteiger partial charge in [-0.2, -0.15) is 0 Å². The third kappa shape index (κ3) is 6.13. The Morgan fingerprint density at radius 2 is 1.65 bits per heavy atom. The van der Waals surface area contributed by atoms with Gasteiger partial charge < -0.3 is 19.7 Å². The third-order valence-corrected chi connectivity index (χ3v) is 4.93. The normalized spacial score (nSPS) is 15.1. The second-order valence-corrected chi connectivity index (χ2v) is 6.90. The Bertz CT molecular complexity index is 627. The first-order chi connectivity index (χ1) is 12.9. The summed E-state index contributed by atoms with van der Waals surface area (Å²) in [5, 5.41) is 2.44. The van der Waals surface area contributed by atoms with Crippen LogP contribution < -0.4 is 15.0 Å². The largest absolute Gasteiger partial charge is 0.493 e. The Labute approximate surface area is 157 Å². The number of rotatable bonds is 10. The summed E-state index contributed by atoms with van der Waals surface area (Å²) in [4.78, 5) is 1.69. The number of hydrogen-bond acceptors (Lipinski definition) is 2. The lowest BCUT2D eigenvalue weighted by Gasteiger charge is -2.22. The maximum Gasteiger partial charge on any atom is 0.127 e. The van der Waals surface area contributed by atoms with Crippen LogP contribution in [-0.2, 0) is 4.74 Å². The smallest absolute Gasteiger partial charge is 0.127 e. The number of para-hydroxylation sites is 1. The highest BCUT2D eigenvalue weighted by atomic mass is 16.5. The molecule has 4 nitrogen and oxygen atoms in total. The molecule has 140 valence electrons. The average Bonchev–Trinajstić information content (AvgIpc) is 2.72. The van der Waals surface area contributed by atoms with E-state index >= 15 is 0 Å². The van der Waals surface area contributed by atoms with Gasteiger partial charge in [0.1, 0.15) is 31.9 Å². The fourth-order valence-electron chi connectivity index (χ4n) is 3.38. The van der Waals surface area contributed by atoms with E-state index in [0.29, 0.717) is 0 Å². The van der Waals surface area contributed by atoms with E-state index < -0.39 is 0 Å². The minimum Gasteiger partial charge on any atom is -0.493 e. The summed E-state index contributed by atoms with van der Waals surface area (Å²) in [6.45, 7) is 8.64. The second kappa shape index (κ2) is 11.0. The molecule has 1 heterocycles. The van der Waals surface area contributed by atoms with Crippen LogP contribution in [0.3, 0.4) is 0 Å². The maximum atomic E-state index is 6.06. The van der Waals surface area contributed by atoms with Gasteiger partial charge in [-0.25, -0.2) is 0 Å². The van der Waals surface area contributed by atoms with Crippen molar-refractivity contribution in [1.82, 2.24) is 0 Å². The van der Waals surface area contributed by atoms with Crippen molar-refractivity contribution in [1.29, 1.82) is 0 Å². The van der Waals surface area contributed by atoms with Crippen molar-refractivity contribution >= 4 is 0 Å². The van der Waals surface area contributed by atoms with Gasteiger partial charge in [0.15, 0.2) is 0 Å². The molecule has 0 spiro atoms. The Balaban J connectivity index is 1.31. The Morgan fingerprint density at radius 1 is 0.885 bits per heavy atom. The van der Waals surface area contributed by atoms with Crippen molar-refractivity contribution in [2.45, 2.75) is 12.8 Å². The molecule has 1 aliphatic heterocycles. The van der Waals surface area contributed by atoms with Crippen LogP contribution in [0.5, 0.6) is 5.75 Å². The summed E-state index contributed by atoms with van der Waals surface area (Å²) in [5.41, 5.74) is 2.38. The molecule has 0 aliphatic carbocycles. The van der Waals surface area contributed by atoms with Crippen molar-refractivity contribution in [3.05, 3.63) is 54.6 Å². The van der Waals surface area contributed by atoms with E-state index in [0.717, 1.165) is 32.0 Å². The predicted molar refractivity (Wildman–Crippen MR) is 105 cm³/mol. The number of ether oxygens (including phenoxy) is 2. The molecule has 1 saturated heterocycles. The molecular weight excluding hydrogens is 324 g/mol. The van der Waals surface area contributed by atoms with Crippen LogP contribution in [0, 0.1) is 0 Å². The highest BCUT2D eigenvalue weighted by Crippen LogP contribution is 2.29. The Kier molecular flexibility index (Phi) is 7.97. The Morgan fingerprint density at radius 3 is 2.50 bits per heavy atom. The molecule has 1 aliphatic rings. The molecule has 3 N–H and O–H groups in total. The van der Waals surface area contributed by atoms with Gasteiger partial charge in [-0.15, -0.1) is 0 Å². The predicted octanol–water partition coefficient (Wildman–Crippen LogP) is 0.991. The van der Waals surface area contributed by atoms with Crippen molar-refractivity contribution in [2.24, 2.45) is 0 Å².